The number of pyridine rings is 1. The molecule has 1 aromatic rings. The molecule has 1 amide bonds. The van der Waals surface area contributed by atoms with Crippen LogP contribution in [0.25, 0.3) is 0 Å². The minimum Gasteiger partial charge on any atom is -0.389 e. The number of ether oxygens (including phenoxy) is 1. The lowest BCUT2D eigenvalue weighted by Crippen LogP contribution is -2.55. The van der Waals surface area contributed by atoms with Crippen molar-refractivity contribution in [3.63, 3.8) is 0 Å². The first-order valence-electron chi connectivity index (χ1n) is 9.59. The quantitative estimate of drug-likeness (QED) is 0.888. The topological polar surface area (TPSA) is 71.8 Å². The molecule has 0 unspecified atom stereocenters. The Labute approximate surface area is 154 Å². The molecule has 0 bridgehead atoms. The number of amides is 1. The summed E-state index contributed by atoms with van der Waals surface area (Å²) in [7, 11) is 1.60. The molecule has 0 spiro atoms. The lowest BCUT2D eigenvalue weighted by atomic mass is 9.71. The third kappa shape index (κ3) is 3.45. The van der Waals surface area contributed by atoms with Crippen LogP contribution in [0.2, 0.25) is 0 Å². The predicted molar refractivity (Wildman–Crippen MR) is 99.5 cm³/mol. The van der Waals surface area contributed by atoms with Gasteiger partial charge in [-0.1, -0.05) is 12.8 Å². The van der Waals surface area contributed by atoms with Crippen LogP contribution < -0.4 is 5.56 Å². The highest BCUT2D eigenvalue weighted by molar-refractivity contribution is 5.95. The summed E-state index contributed by atoms with van der Waals surface area (Å²) in [5, 5.41) is 10.8. The molecule has 1 saturated carbocycles. The summed E-state index contributed by atoms with van der Waals surface area (Å²) in [6, 6.07) is 1.89. The lowest BCUT2D eigenvalue weighted by molar-refractivity contribution is -0.0886. The average Bonchev–Trinajstić information content (AvgIpc) is 2.60. The Morgan fingerprint density at radius 3 is 2.85 bits per heavy atom. The molecule has 1 N–H and O–H groups in total. The molecule has 3 rings (SSSR count). The Balaban J connectivity index is 1.87. The van der Waals surface area contributed by atoms with Crippen molar-refractivity contribution in [2.24, 2.45) is 5.92 Å². The van der Waals surface area contributed by atoms with Crippen molar-refractivity contribution in [3.8, 4) is 0 Å². The van der Waals surface area contributed by atoms with Crippen LogP contribution in [0.3, 0.4) is 0 Å². The predicted octanol–water partition coefficient (Wildman–Crippen LogP) is 1.88. The number of rotatable bonds is 4. The van der Waals surface area contributed by atoms with Gasteiger partial charge >= 0.3 is 0 Å². The van der Waals surface area contributed by atoms with Crippen molar-refractivity contribution in [3.05, 3.63) is 33.2 Å². The van der Waals surface area contributed by atoms with Crippen LogP contribution in [0, 0.1) is 19.8 Å². The highest BCUT2D eigenvalue weighted by atomic mass is 16.5. The monoisotopic (exact) mass is 362 g/mol. The number of aliphatic hydroxyl groups is 1. The zero-order valence-corrected chi connectivity index (χ0v) is 16.1. The summed E-state index contributed by atoms with van der Waals surface area (Å²) in [4.78, 5) is 27.9. The third-order valence-electron chi connectivity index (χ3n) is 6.15. The second-order valence-electron chi connectivity index (χ2n) is 7.84. The Hall–Kier alpha value is -1.66. The van der Waals surface area contributed by atoms with Crippen molar-refractivity contribution < 1.29 is 14.6 Å². The smallest absolute Gasteiger partial charge is 0.263 e. The van der Waals surface area contributed by atoms with E-state index in [2.05, 4.69) is 0 Å². The van der Waals surface area contributed by atoms with E-state index in [1.165, 1.54) is 0 Å². The van der Waals surface area contributed by atoms with Crippen molar-refractivity contribution in [2.75, 3.05) is 26.8 Å². The van der Waals surface area contributed by atoms with Gasteiger partial charge in [-0.15, -0.1) is 0 Å². The molecule has 2 heterocycles. The number of fused-ring (bicyclic) bond motifs is 1. The van der Waals surface area contributed by atoms with E-state index in [0.29, 0.717) is 32.7 Å². The van der Waals surface area contributed by atoms with Crippen molar-refractivity contribution in [1.29, 1.82) is 0 Å². The maximum atomic E-state index is 13.2. The molecule has 6 heteroatoms. The molecular formula is C20H30N2O4. The van der Waals surface area contributed by atoms with Crippen LogP contribution in [0.15, 0.2) is 10.9 Å². The van der Waals surface area contributed by atoms with Crippen LogP contribution in [0.4, 0.5) is 0 Å². The minimum absolute atomic E-state index is 0.121. The van der Waals surface area contributed by atoms with Crippen LogP contribution in [-0.2, 0) is 11.3 Å². The fourth-order valence-corrected chi connectivity index (χ4v) is 4.56. The van der Waals surface area contributed by atoms with Crippen molar-refractivity contribution in [2.45, 2.75) is 58.1 Å². The standard InChI is InChI=1S/C20H30N2O4/c1-14-12-15(2)22(10-11-26-3)19(24)17(14)18(23)21-9-8-20(25)7-5-4-6-16(20)13-21/h12,16,25H,4-11,13H2,1-3H3/t16-,20+/m1/s1. The number of aromatic nitrogens is 1. The van der Waals surface area contributed by atoms with E-state index >= 15 is 0 Å². The van der Waals surface area contributed by atoms with Crippen LogP contribution in [-0.4, -0.2) is 52.9 Å². The van der Waals surface area contributed by atoms with Gasteiger partial charge in [0.05, 0.1) is 12.2 Å². The van der Waals surface area contributed by atoms with Gasteiger partial charge in [-0.05, 0) is 44.7 Å². The van der Waals surface area contributed by atoms with Crippen molar-refractivity contribution >= 4 is 5.91 Å². The number of hydrogen-bond donors (Lipinski definition) is 1. The zero-order chi connectivity index (χ0) is 18.9. The first kappa shape index (κ1) is 19.1. The lowest BCUT2D eigenvalue weighted by Gasteiger charge is -2.47. The van der Waals surface area contributed by atoms with E-state index in [9.17, 15) is 14.7 Å². The molecule has 2 fully saturated rings. The normalized spacial score (nSPS) is 25.8. The number of carbonyl (C=O) groups is 1. The van der Waals surface area contributed by atoms with Gasteiger partial charge in [0.15, 0.2) is 0 Å². The second-order valence-corrected chi connectivity index (χ2v) is 7.84. The minimum atomic E-state index is -0.629. The van der Waals surface area contributed by atoms with E-state index in [4.69, 9.17) is 4.74 Å². The molecule has 1 aromatic heterocycles. The molecular weight excluding hydrogens is 332 g/mol. The first-order valence-corrected chi connectivity index (χ1v) is 9.59. The van der Waals surface area contributed by atoms with E-state index in [1.807, 2.05) is 19.9 Å². The molecule has 1 aliphatic carbocycles. The summed E-state index contributed by atoms with van der Waals surface area (Å²) in [6.45, 7) is 5.61. The Bertz CT molecular complexity index is 742. The highest BCUT2D eigenvalue weighted by Crippen LogP contribution is 2.40. The van der Waals surface area contributed by atoms with Crippen LogP contribution in [0.5, 0.6) is 0 Å². The SMILES string of the molecule is COCCn1c(C)cc(C)c(C(=O)N2CC[C@@]3(O)CCCC[C@@H]3C2)c1=O. The molecule has 0 radical (unpaired) electrons. The zero-order valence-electron chi connectivity index (χ0n) is 16.1. The van der Waals surface area contributed by atoms with Crippen LogP contribution >= 0.6 is 0 Å². The molecule has 2 atom stereocenters. The van der Waals surface area contributed by atoms with Gasteiger partial charge in [-0.2, -0.15) is 0 Å². The molecule has 1 aliphatic heterocycles. The average molecular weight is 362 g/mol. The molecule has 0 aromatic carbocycles. The van der Waals surface area contributed by atoms with E-state index in [0.717, 1.165) is 36.9 Å². The molecule has 144 valence electrons. The fourth-order valence-electron chi connectivity index (χ4n) is 4.56. The number of nitrogens with zero attached hydrogens (tertiary/aromatic N) is 2. The van der Waals surface area contributed by atoms with Gasteiger partial charge in [0, 0.05) is 38.4 Å². The number of methoxy groups -OCH3 is 1. The maximum Gasteiger partial charge on any atom is 0.263 e. The Kier molecular flexibility index (Phi) is 5.53. The van der Waals surface area contributed by atoms with Gasteiger partial charge in [-0.25, -0.2) is 0 Å². The first-order chi connectivity index (χ1) is 12.4. The summed E-state index contributed by atoms with van der Waals surface area (Å²) >= 11 is 0. The third-order valence-corrected chi connectivity index (χ3v) is 6.15. The largest absolute Gasteiger partial charge is 0.389 e. The number of piperidine rings is 1. The van der Waals surface area contributed by atoms with Gasteiger partial charge in [-0.3, -0.25) is 9.59 Å². The molecule has 6 nitrogen and oxygen atoms in total. The van der Waals surface area contributed by atoms with Gasteiger partial charge in [0.25, 0.3) is 11.5 Å². The summed E-state index contributed by atoms with van der Waals surface area (Å²) in [5.74, 6) is -0.0817. The maximum absolute atomic E-state index is 13.2. The van der Waals surface area contributed by atoms with E-state index in [1.54, 1.807) is 16.6 Å². The molecule has 1 saturated heterocycles. The highest BCUT2D eigenvalue weighted by Gasteiger charge is 2.44. The van der Waals surface area contributed by atoms with Gasteiger partial charge in [0.1, 0.15) is 5.56 Å². The molecule has 2 aliphatic rings. The molecule has 26 heavy (non-hydrogen) atoms. The number of aryl methyl sites for hydroxylation is 2. The number of carbonyl (C=O) groups excluding carboxylic acids is 1. The fraction of sp³-hybridized carbons (Fsp3) is 0.700. The van der Waals surface area contributed by atoms with E-state index in [-0.39, 0.29) is 22.9 Å². The van der Waals surface area contributed by atoms with Gasteiger partial charge in [0.2, 0.25) is 0 Å². The number of hydrogen-bond acceptors (Lipinski definition) is 4. The van der Waals surface area contributed by atoms with Crippen molar-refractivity contribution in [1.82, 2.24) is 9.47 Å². The number of likely N-dealkylation sites (tertiary alicyclic amines) is 1. The second kappa shape index (κ2) is 7.53. The summed E-state index contributed by atoms with van der Waals surface area (Å²) < 4.78 is 6.71. The summed E-state index contributed by atoms with van der Waals surface area (Å²) in [6.07, 6.45) is 4.54. The Morgan fingerprint density at radius 1 is 1.35 bits per heavy atom. The van der Waals surface area contributed by atoms with E-state index < -0.39 is 5.60 Å². The van der Waals surface area contributed by atoms with Crippen LogP contribution in [0.1, 0.15) is 53.7 Å². The Morgan fingerprint density at radius 2 is 2.12 bits per heavy atom. The summed E-state index contributed by atoms with van der Waals surface area (Å²) in [5.41, 5.74) is 0.940. The van der Waals surface area contributed by atoms with Gasteiger partial charge < -0.3 is 19.3 Å².